The third kappa shape index (κ3) is 1.92. The normalized spacial score (nSPS) is 22.7. The third-order valence-electron chi connectivity index (χ3n) is 6.97. The zero-order valence-corrected chi connectivity index (χ0v) is 15.4. The second kappa shape index (κ2) is 5.18. The third-order valence-corrected chi connectivity index (χ3v) is 9.65. The Labute approximate surface area is 151 Å². The Morgan fingerprint density at radius 2 is 1.24 bits per heavy atom. The second-order valence-corrected chi connectivity index (χ2v) is 10.6. The summed E-state index contributed by atoms with van der Waals surface area (Å²) in [5.41, 5.74) is 11.2. The molecule has 1 heteroatoms. The van der Waals surface area contributed by atoms with Crippen molar-refractivity contribution in [3.63, 3.8) is 0 Å². The Morgan fingerprint density at radius 1 is 0.720 bits per heavy atom. The lowest BCUT2D eigenvalue weighted by atomic mass is 9.73. The van der Waals surface area contributed by atoms with E-state index in [1.807, 2.05) is 0 Å². The molecule has 0 aromatic heterocycles. The van der Waals surface area contributed by atoms with E-state index in [1.54, 1.807) is 33.4 Å². The quantitative estimate of drug-likeness (QED) is 0.570. The molecule has 0 radical (unpaired) electrons. The number of hydrogen-bond donors (Lipinski definition) is 0. The Hall–Kier alpha value is -1.65. The van der Waals surface area contributed by atoms with Crippen molar-refractivity contribution >= 4 is 7.92 Å². The van der Waals surface area contributed by atoms with Crippen LogP contribution in [-0.2, 0) is 30.6 Å². The molecule has 0 unspecified atom stereocenters. The minimum atomic E-state index is -0.0740. The maximum atomic E-state index is 2.45. The summed E-state index contributed by atoms with van der Waals surface area (Å²) >= 11 is 0. The Kier molecular flexibility index (Phi) is 3.01. The SMILES string of the molecule is C1=CC(P2Cc3cccc4c3C3(CC4)CCc4cccc(c43)C2)C=C1. The molecule has 0 atom stereocenters. The molecule has 0 saturated heterocycles. The summed E-state index contributed by atoms with van der Waals surface area (Å²) < 4.78 is 0. The van der Waals surface area contributed by atoms with E-state index in [9.17, 15) is 0 Å². The molecule has 0 nitrogen and oxygen atoms in total. The van der Waals surface area contributed by atoms with E-state index in [-0.39, 0.29) is 7.92 Å². The van der Waals surface area contributed by atoms with Crippen molar-refractivity contribution in [3.8, 4) is 0 Å². The van der Waals surface area contributed by atoms with Gasteiger partial charge in [0.15, 0.2) is 0 Å². The molecule has 3 aliphatic carbocycles. The molecule has 0 fully saturated rings. The number of aryl methyl sites for hydroxylation is 2. The van der Waals surface area contributed by atoms with Gasteiger partial charge in [-0.25, -0.2) is 0 Å². The van der Waals surface area contributed by atoms with Crippen LogP contribution in [0.4, 0.5) is 0 Å². The predicted octanol–water partition coefficient (Wildman–Crippen LogP) is 5.86. The summed E-state index contributed by atoms with van der Waals surface area (Å²) in [5.74, 6) is 0. The molecular formula is C24H23P. The van der Waals surface area contributed by atoms with Gasteiger partial charge in [0.2, 0.25) is 0 Å². The van der Waals surface area contributed by atoms with Gasteiger partial charge in [-0.1, -0.05) is 68.6 Å². The summed E-state index contributed by atoms with van der Waals surface area (Å²) in [6.07, 6.45) is 17.2. The van der Waals surface area contributed by atoms with Crippen molar-refractivity contribution in [1.29, 1.82) is 0 Å². The first-order chi connectivity index (χ1) is 12.4. The summed E-state index contributed by atoms with van der Waals surface area (Å²) in [6, 6.07) is 14.4. The molecule has 1 spiro atoms. The largest absolute Gasteiger partial charge is 0.0867 e. The zero-order valence-electron chi connectivity index (χ0n) is 14.5. The molecule has 0 amide bonds. The summed E-state index contributed by atoms with van der Waals surface area (Å²) in [4.78, 5) is 0. The summed E-state index contributed by atoms with van der Waals surface area (Å²) in [7, 11) is -0.0740. The molecule has 0 bridgehead atoms. The minimum absolute atomic E-state index is 0.0740. The van der Waals surface area contributed by atoms with Crippen LogP contribution in [0.15, 0.2) is 60.7 Å². The molecule has 0 saturated carbocycles. The summed E-state index contributed by atoms with van der Waals surface area (Å²) in [6.45, 7) is 0. The zero-order chi connectivity index (χ0) is 16.4. The van der Waals surface area contributed by atoms with Crippen LogP contribution >= 0.6 is 7.92 Å². The van der Waals surface area contributed by atoms with Gasteiger partial charge in [-0.2, -0.15) is 0 Å². The van der Waals surface area contributed by atoms with E-state index in [0.29, 0.717) is 11.1 Å². The van der Waals surface area contributed by atoms with E-state index in [0.717, 1.165) is 0 Å². The molecular weight excluding hydrogens is 319 g/mol. The van der Waals surface area contributed by atoms with Crippen LogP contribution in [0.3, 0.4) is 0 Å². The lowest BCUT2D eigenvalue weighted by molar-refractivity contribution is 0.501. The molecule has 2 aromatic carbocycles. The highest BCUT2D eigenvalue weighted by molar-refractivity contribution is 7.57. The van der Waals surface area contributed by atoms with Crippen molar-refractivity contribution in [1.82, 2.24) is 0 Å². The molecule has 1 aliphatic heterocycles. The Bertz CT molecular complexity index is 858. The number of rotatable bonds is 1. The molecule has 4 aliphatic rings. The van der Waals surface area contributed by atoms with Crippen LogP contribution in [0.1, 0.15) is 46.2 Å². The van der Waals surface area contributed by atoms with Crippen molar-refractivity contribution in [2.45, 2.75) is 49.1 Å². The van der Waals surface area contributed by atoms with Crippen LogP contribution < -0.4 is 0 Å². The van der Waals surface area contributed by atoms with Crippen LogP contribution in [0.25, 0.3) is 0 Å². The predicted molar refractivity (Wildman–Crippen MR) is 107 cm³/mol. The smallest absolute Gasteiger partial charge is 0.0220 e. The average molecular weight is 342 g/mol. The second-order valence-electron chi connectivity index (χ2n) is 8.15. The standard InChI is InChI=1S/C24H23P/c1-2-10-21(9-1)25-15-19-7-3-5-17-11-13-24(22(17)19)14-12-18-6-4-8-20(16-25)23(18)24/h1-10,21H,11-16H2. The topological polar surface area (TPSA) is 0 Å². The maximum Gasteiger partial charge on any atom is 0.0220 e. The van der Waals surface area contributed by atoms with E-state index in [2.05, 4.69) is 60.7 Å². The molecule has 124 valence electrons. The first kappa shape index (κ1) is 14.5. The fourth-order valence-corrected chi connectivity index (χ4v) is 8.65. The van der Waals surface area contributed by atoms with Crippen molar-refractivity contribution in [2.75, 3.05) is 0 Å². The van der Waals surface area contributed by atoms with E-state index in [4.69, 9.17) is 0 Å². The Morgan fingerprint density at radius 3 is 1.80 bits per heavy atom. The average Bonchev–Trinajstić information content (AvgIpc) is 3.35. The Balaban J connectivity index is 1.62. The number of benzene rings is 2. The lowest BCUT2D eigenvalue weighted by Gasteiger charge is -2.36. The molecule has 0 N–H and O–H groups in total. The first-order valence-corrected chi connectivity index (χ1v) is 11.4. The van der Waals surface area contributed by atoms with Gasteiger partial charge in [0.1, 0.15) is 0 Å². The number of hydrogen-bond acceptors (Lipinski definition) is 0. The van der Waals surface area contributed by atoms with E-state index < -0.39 is 0 Å². The minimum Gasteiger partial charge on any atom is -0.0867 e. The van der Waals surface area contributed by atoms with Crippen LogP contribution in [0.2, 0.25) is 0 Å². The molecule has 2 aromatic rings. The van der Waals surface area contributed by atoms with Gasteiger partial charge < -0.3 is 0 Å². The van der Waals surface area contributed by atoms with Gasteiger partial charge in [-0.05, 0) is 71.4 Å². The first-order valence-electron chi connectivity index (χ1n) is 9.67. The monoisotopic (exact) mass is 342 g/mol. The van der Waals surface area contributed by atoms with Crippen molar-refractivity contribution in [2.24, 2.45) is 0 Å². The van der Waals surface area contributed by atoms with Crippen molar-refractivity contribution in [3.05, 3.63) is 94.1 Å². The highest BCUT2D eigenvalue weighted by Gasteiger charge is 2.48. The van der Waals surface area contributed by atoms with Crippen LogP contribution in [0, 0.1) is 0 Å². The molecule has 25 heavy (non-hydrogen) atoms. The maximum absolute atomic E-state index is 2.45. The molecule has 1 heterocycles. The van der Waals surface area contributed by atoms with Gasteiger partial charge >= 0.3 is 0 Å². The van der Waals surface area contributed by atoms with Crippen LogP contribution in [-0.4, -0.2) is 5.66 Å². The van der Waals surface area contributed by atoms with Gasteiger partial charge in [-0.15, -0.1) is 0 Å². The fourth-order valence-electron chi connectivity index (χ4n) is 6.03. The molecule has 6 rings (SSSR count). The lowest BCUT2D eigenvalue weighted by Crippen LogP contribution is -2.26. The van der Waals surface area contributed by atoms with E-state index in [1.165, 1.54) is 38.0 Å². The highest BCUT2D eigenvalue weighted by atomic mass is 31.1. The van der Waals surface area contributed by atoms with Gasteiger partial charge in [-0.3, -0.25) is 0 Å². The number of allylic oxidation sites excluding steroid dienone is 4. The highest BCUT2D eigenvalue weighted by Crippen LogP contribution is 2.61. The van der Waals surface area contributed by atoms with Crippen LogP contribution in [0.5, 0.6) is 0 Å². The fraction of sp³-hybridized carbons (Fsp3) is 0.333. The van der Waals surface area contributed by atoms with Crippen molar-refractivity contribution < 1.29 is 0 Å². The van der Waals surface area contributed by atoms with Gasteiger partial charge in [0.25, 0.3) is 0 Å². The van der Waals surface area contributed by atoms with Gasteiger partial charge in [0.05, 0.1) is 0 Å². The van der Waals surface area contributed by atoms with E-state index >= 15 is 0 Å². The summed E-state index contributed by atoms with van der Waals surface area (Å²) in [5, 5.41) is 0. The van der Waals surface area contributed by atoms with Gasteiger partial charge in [0, 0.05) is 11.1 Å².